The molecule has 1 aliphatic heterocycles. The molecule has 25 heavy (non-hydrogen) atoms. The SMILES string of the molecule is COc1ccc(CN2C(=O)[C@H](C)N(C(C)=O)C(=O)c3sccc32)cc1. The molecule has 0 saturated heterocycles. The van der Waals surface area contributed by atoms with E-state index in [1.807, 2.05) is 24.3 Å². The smallest absolute Gasteiger partial charge is 0.273 e. The minimum absolute atomic E-state index is 0.281. The summed E-state index contributed by atoms with van der Waals surface area (Å²) in [6.07, 6.45) is 0. The van der Waals surface area contributed by atoms with Crippen molar-refractivity contribution in [1.82, 2.24) is 4.90 Å². The minimum Gasteiger partial charge on any atom is -0.497 e. The van der Waals surface area contributed by atoms with Gasteiger partial charge in [-0.3, -0.25) is 19.3 Å². The van der Waals surface area contributed by atoms with E-state index in [-0.39, 0.29) is 5.91 Å². The number of methoxy groups -OCH3 is 1. The number of anilines is 1. The number of rotatable bonds is 3. The fourth-order valence-electron chi connectivity index (χ4n) is 2.91. The summed E-state index contributed by atoms with van der Waals surface area (Å²) in [5, 5.41) is 1.76. The molecule has 6 nitrogen and oxygen atoms in total. The minimum atomic E-state index is -0.845. The molecule has 0 bridgehead atoms. The first-order valence-electron chi connectivity index (χ1n) is 7.80. The number of hydrogen-bond donors (Lipinski definition) is 0. The average Bonchev–Trinajstić information content (AvgIpc) is 3.06. The maximum Gasteiger partial charge on any atom is 0.273 e. The third-order valence-corrected chi connectivity index (χ3v) is 5.09. The largest absolute Gasteiger partial charge is 0.497 e. The Kier molecular flexibility index (Phi) is 4.59. The van der Waals surface area contributed by atoms with E-state index >= 15 is 0 Å². The Balaban J connectivity index is 2.00. The molecule has 0 aliphatic carbocycles. The summed E-state index contributed by atoms with van der Waals surface area (Å²) in [6.45, 7) is 3.20. The zero-order valence-electron chi connectivity index (χ0n) is 14.2. The summed E-state index contributed by atoms with van der Waals surface area (Å²) in [6, 6.07) is 8.29. The van der Waals surface area contributed by atoms with E-state index in [2.05, 4.69) is 0 Å². The number of benzene rings is 1. The lowest BCUT2D eigenvalue weighted by Crippen LogP contribution is -2.48. The molecule has 0 fully saturated rings. The van der Waals surface area contributed by atoms with E-state index in [0.717, 1.165) is 16.2 Å². The number of thiophene rings is 1. The van der Waals surface area contributed by atoms with E-state index in [4.69, 9.17) is 4.74 Å². The van der Waals surface area contributed by atoms with Crippen LogP contribution in [0.3, 0.4) is 0 Å². The molecule has 1 atom stereocenters. The van der Waals surface area contributed by atoms with Gasteiger partial charge < -0.3 is 9.64 Å². The van der Waals surface area contributed by atoms with Crippen LogP contribution in [0.25, 0.3) is 0 Å². The van der Waals surface area contributed by atoms with Crippen LogP contribution in [-0.4, -0.2) is 35.8 Å². The van der Waals surface area contributed by atoms with Gasteiger partial charge in [-0.15, -0.1) is 11.3 Å². The van der Waals surface area contributed by atoms with Crippen molar-refractivity contribution in [2.24, 2.45) is 0 Å². The van der Waals surface area contributed by atoms with Gasteiger partial charge >= 0.3 is 0 Å². The number of amides is 3. The van der Waals surface area contributed by atoms with Gasteiger partial charge in [0.15, 0.2) is 0 Å². The first-order chi connectivity index (χ1) is 11.9. The predicted octanol–water partition coefficient (Wildman–Crippen LogP) is 2.68. The third kappa shape index (κ3) is 3.02. The van der Waals surface area contributed by atoms with Crippen LogP contribution in [0.15, 0.2) is 35.7 Å². The van der Waals surface area contributed by atoms with Gasteiger partial charge in [-0.2, -0.15) is 0 Å². The highest BCUT2D eigenvalue weighted by molar-refractivity contribution is 7.12. The van der Waals surface area contributed by atoms with E-state index < -0.39 is 17.9 Å². The Hall–Kier alpha value is -2.67. The highest BCUT2D eigenvalue weighted by Gasteiger charge is 2.39. The zero-order valence-corrected chi connectivity index (χ0v) is 15.0. The van der Waals surface area contributed by atoms with Crippen LogP contribution >= 0.6 is 11.3 Å². The molecule has 2 heterocycles. The van der Waals surface area contributed by atoms with Crippen molar-refractivity contribution in [3.05, 3.63) is 46.2 Å². The molecule has 3 amide bonds. The van der Waals surface area contributed by atoms with Crippen molar-refractivity contribution < 1.29 is 19.1 Å². The number of ether oxygens (including phenoxy) is 1. The molecule has 2 aromatic rings. The van der Waals surface area contributed by atoms with Crippen molar-refractivity contribution in [2.75, 3.05) is 12.0 Å². The molecule has 1 aliphatic rings. The van der Waals surface area contributed by atoms with E-state index in [0.29, 0.717) is 17.1 Å². The fraction of sp³-hybridized carbons (Fsp3) is 0.278. The highest BCUT2D eigenvalue weighted by Crippen LogP contribution is 2.33. The number of nitrogens with zero attached hydrogens (tertiary/aromatic N) is 2. The summed E-state index contributed by atoms with van der Waals surface area (Å²) in [4.78, 5) is 40.6. The third-order valence-electron chi connectivity index (χ3n) is 4.20. The quantitative estimate of drug-likeness (QED) is 0.846. The molecule has 3 rings (SSSR count). The Bertz CT molecular complexity index is 828. The van der Waals surface area contributed by atoms with E-state index in [1.165, 1.54) is 18.3 Å². The lowest BCUT2D eigenvalue weighted by atomic mass is 10.1. The van der Waals surface area contributed by atoms with Crippen LogP contribution < -0.4 is 9.64 Å². The van der Waals surface area contributed by atoms with Gasteiger partial charge in [0, 0.05) is 6.92 Å². The monoisotopic (exact) mass is 358 g/mol. The molecular weight excluding hydrogens is 340 g/mol. The summed E-state index contributed by atoms with van der Waals surface area (Å²) in [7, 11) is 1.59. The van der Waals surface area contributed by atoms with E-state index in [1.54, 1.807) is 30.4 Å². The fourth-order valence-corrected chi connectivity index (χ4v) is 3.74. The summed E-state index contributed by atoms with van der Waals surface area (Å²) < 4.78 is 5.15. The Morgan fingerprint density at radius 1 is 1.20 bits per heavy atom. The van der Waals surface area contributed by atoms with Crippen LogP contribution in [0, 0.1) is 0 Å². The second kappa shape index (κ2) is 6.68. The van der Waals surface area contributed by atoms with Gasteiger partial charge in [-0.25, -0.2) is 0 Å². The van der Waals surface area contributed by atoms with Crippen LogP contribution in [0.2, 0.25) is 0 Å². The van der Waals surface area contributed by atoms with Gasteiger partial charge in [0.1, 0.15) is 16.7 Å². The first kappa shape index (κ1) is 17.2. The topological polar surface area (TPSA) is 66.9 Å². The van der Waals surface area contributed by atoms with Gasteiger partial charge in [0.25, 0.3) is 5.91 Å². The maximum absolute atomic E-state index is 13.0. The number of fused-ring (bicyclic) bond motifs is 1. The molecule has 0 spiro atoms. The van der Waals surface area contributed by atoms with Gasteiger partial charge in [-0.1, -0.05) is 12.1 Å². The van der Waals surface area contributed by atoms with Gasteiger partial charge in [0.2, 0.25) is 11.8 Å². The van der Waals surface area contributed by atoms with Crippen molar-refractivity contribution in [1.29, 1.82) is 0 Å². The maximum atomic E-state index is 13.0. The molecule has 0 saturated carbocycles. The molecule has 7 heteroatoms. The standard InChI is InChI=1S/C18H18N2O4S/c1-11-17(22)19(10-13-4-6-14(24-3)7-5-13)15-8-9-25-16(15)18(23)20(11)12(2)21/h4-9,11H,10H2,1-3H3/t11-/m0/s1. The van der Waals surface area contributed by atoms with Crippen molar-refractivity contribution in [2.45, 2.75) is 26.4 Å². The number of carbonyl (C=O) groups is 3. The summed E-state index contributed by atoms with van der Waals surface area (Å²) in [5.74, 6) is -0.405. The predicted molar refractivity (Wildman–Crippen MR) is 94.8 cm³/mol. The molecule has 0 unspecified atom stereocenters. The molecule has 130 valence electrons. The number of imide groups is 1. The second-order valence-corrected chi connectivity index (χ2v) is 6.69. The lowest BCUT2D eigenvalue weighted by Gasteiger charge is -2.26. The molecule has 0 N–H and O–H groups in total. The Labute approximate surface area is 149 Å². The van der Waals surface area contributed by atoms with Crippen LogP contribution in [0.5, 0.6) is 5.75 Å². The highest BCUT2D eigenvalue weighted by atomic mass is 32.1. The Morgan fingerprint density at radius 3 is 2.48 bits per heavy atom. The average molecular weight is 358 g/mol. The van der Waals surface area contributed by atoms with Gasteiger partial charge in [0.05, 0.1) is 19.3 Å². The van der Waals surface area contributed by atoms with Crippen LogP contribution in [-0.2, 0) is 16.1 Å². The summed E-state index contributed by atoms with van der Waals surface area (Å²) in [5.41, 5.74) is 1.45. The van der Waals surface area contributed by atoms with Crippen molar-refractivity contribution in [3.63, 3.8) is 0 Å². The van der Waals surface area contributed by atoms with Crippen LogP contribution in [0.1, 0.15) is 29.1 Å². The van der Waals surface area contributed by atoms with Crippen molar-refractivity contribution >= 4 is 34.7 Å². The first-order valence-corrected chi connectivity index (χ1v) is 8.68. The second-order valence-electron chi connectivity index (χ2n) is 5.78. The van der Waals surface area contributed by atoms with Crippen molar-refractivity contribution in [3.8, 4) is 5.75 Å². The summed E-state index contributed by atoms with van der Waals surface area (Å²) >= 11 is 1.24. The normalized spacial score (nSPS) is 17.3. The molecule has 1 aromatic carbocycles. The van der Waals surface area contributed by atoms with Gasteiger partial charge in [-0.05, 0) is 36.1 Å². The van der Waals surface area contributed by atoms with E-state index in [9.17, 15) is 14.4 Å². The number of carbonyl (C=O) groups excluding carboxylic acids is 3. The lowest BCUT2D eigenvalue weighted by molar-refractivity contribution is -0.134. The molecular formula is C18H18N2O4S. The van der Waals surface area contributed by atoms with Crippen LogP contribution in [0.4, 0.5) is 5.69 Å². The number of hydrogen-bond acceptors (Lipinski definition) is 5. The molecule has 0 radical (unpaired) electrons. The Morgan fingerprint density at radius 2 is 1.88 bits per heavy atom. The molecule has 1 aromatic heterocycles. The zero-order chi connectivity index (χ0) is 18.1.